The molecule has 5 heteroatoms. The van der Waals surface area contributed by atoms with Crippen molar-refractivity contribution in [2.45, 2.75) is 57.5 Å². The monoisotopic (exact) mass is 317 g/mol. The van der Waals surface area contributed by atoms with E-state index in [0.717, 1.165) is 37.7 Å². The van der Waals surface area contributed by atoms with Crippen molar-refractivity contribution in [3.05, 3.63) is 33.7 Å². The molecule has 1 N–H and O–H groups in total. The Kier molecular flexibility index (Phi) is 4.85. The van der Waals surface area contributed by atoms with Crippen molar-refractivity contribution in [2.75, 3.05) is 13.1 Å². The van der Waals surface area contributed by atoms with Gasteiger partial charge in [-0.15, -0.1) is 0 Å². The van der Waals surface area contributed by atoms with Crippen molar-refractivity contribution in [1.29, 1.82) is 0 Å². The van der Waals surface area contributed by atoms with Gasteiger partial charge < -0.3 is 14.8 Å². The van der Waals surface area contributed by atoms with E-state index in [-0.39, 0.29) is 17.4 Å². The minimum atomic E-state index is -0.132. The first-order valence-electron chi connectivity index (χ1n) is 8.77. The van der Waals surface area contributed by atoms with Crippen molar-refractivity contribution in [2.24, 2.45) is 7.05 Å². The van der Waals surface area contributed by atoms with Crippen molar-refractivity contribution in [1.82, 2.24) is 14.8 Å². The molecule has 0 aromatic carbocycles. The fourth-order valence-corrected chi connectivity index (χ4v) is 3.92. The second-order valence-electron chi connectivity index (χ2n) is 7.00. The van der Waals surface area contributed by atoms with Crippen LogP contribution in [-0.2, 0) is 7.05 Å². The van der Waals surface area contributed by atoms with E-state index < -0.39 is 0 Å². The first kappa shape index (κ1) is 16.2. The molecule has 0 bridgehead atoms. The van der Waals surface area contributed by atoms with Gasteiger partial charge in [-0.25, -0.2) is 0 Å². The molecule has 2 aliphatic rings. The van der Waals surface area contributed by atoms with Crippen LogP contribution in [0.2, 0.25) is 0 Å². The van der Waals surface area contributed by atoms with Gasteiger partial charge >= 0.3 is 0 Å². The molecule has 2 heterocycles. The quantitative estimate of drug-likeness (QED) is 0.925. The van der Waals surface area contributed by atoms with Gasteiger partial charge in [0, 0.05) is 50.0 Å². The van der Waals surface area contributed by atoms with Crippen LogP contribution in [0.15, 0.2) is 16.9 Å². The molecule has 1 aliphatic heterocycles. The summed E-state index contributed by atoms with van der Waals surface area (Å²) in [5, 5.41) is 3.12. The molecular weight excluding hydrogens is 290 g/mol. The van der Waals surface area contributed by atoms with Crippen LogP contribution in [-0.4, -0.2) is 40.5 Å². The Balaban J connectivity index is 1.58. The molecule has 0 atom stereocenters. The number of nitrogens with zero attached hydrogens (tertiary/aromatic N) is 2. The number of carbonyl (C=O) groups excluding carboxylic acids is 1. The van der Waals surface area contributed by atoms with Crippen LogP contribution in [0.4, 0.5) is 0 Å². The van der Waals surface area contributed by atoms with Crippen molar-refractivity contribution in [3.8, 4) is 0 Å². The number of hydrogen-bond donors (Lipinski definition) is 1. The summed E-state index contributed by atoms with van der Waals surface area (Å²) in [4.78, 5) is 26.7. The predicted octanol–water partition coefficient (Wildman–Crippen LogP) is 1.83. The average molecular weight is 317 g/mol. The van der Waals surface area contributed by atoms with E-state index in [4.69, 9.17) is 0 Å². The summed E-state index contributed by atoms with van der Waals surface area (Å²) in [5.41, 5.74) is 1.15. The number of hydrogen-bond acceptors (Lipinski definition) is 3. The zero-order chi connectivity index (χ0) is 16.4. The highest BCUT2D eigenvalue weighted by molar-refractivity contribution is 5.92. The maximum absolute atomic E-state index is 12.5. The SMILES string of the molecule is Cc1cc(=O)cc(C(=O)NC2CCN(C3CCCC3)CC2)n1C. The summed E-state index contributed by atoms with van der Waals surface area (Å²) < 4.78 is 1.78. The molecular formula is C18H27N3O2. The molecule has 0 unspecified atom stereocenters. The second-order valence-corrected chi connectivity index (χ2v) is 7.00. The van der Waals surface area contributed by atoms with Crippen LogP contribution in [0.3, 0.4) is 0 Å². The molecule has 2 fully saturated rings. The molecule has 1 saturated carbocycles. The average Bonchev–Trinajstić information content (AvgIpc) is 3.06. The molecule has 0 radical (unpaired) electrons. The Hall–Kier alpha value is -1.62. The summed E-state index contributed by atoms with van der Waals surface area (Å²) in [6.45, 7) is 3.99. The Morgan fingerprint density at radius 1 is 1.13 bits per heavy atom. The minimum Gasteiger partial charge on any atom is -0.348 e. The smallest absolute Gasteiger partial charge is 0.268 e. The third-order valence-corrected chi connectivity index (χ3v) is 5.46. The van der Waals surface area contributed by atoms with E-state index in [1.807, 2.05) is 14.0 Å². The summed E-state index contributed by atoms with van der Waals surface area (Å²) in [6, 6.07) is 3.97. The largest absolute Gasteiger partial charge is 0.348 e. The Bertz CT molecular complexity index is 624. The summed E-state index contributed by atoms with van der Waals surface area (Å²) in [5.74, 6) is -0.132. The van der Waals surface area contributed by atoms with E-state index in [1.54, 1.807) is 10.6 Å². The Labute approximate surface area is 137 Å². The number of amides is 1. The zero-order valence-corrected chi connectivity index (χ0v) is 14.2. The molecule has 1 saturated heterocycles. The maximum atomic E-state index is 12.5. The highest BCUT2D eigenvalue weighted by Gasteiger charge is 2.28. The molecule has 5 nitrogen and oxygen atoms in total. The number of nitrogens with one attached hydrogen (secondary N) is 1. The number of piperidine rings is 1. The fraction of sp³-hybridized carbons (Fsp3) is 0.667. The van der Waals surface area contributed by atoms with Gasteiger partial charge in [-0.05, 0) is 32.6 Å². The van der Waals surface area contributed by atoms with Crippen LogP contribution in [0.25, 0.3) is 0 Å². The van der Waals surface area contributed by atoms with Gasteiger partial charge in [0.05, 0.1) is 0 Å². The first-order chi connectivity index (χ1) is 11.0. The van der Waals surface area contributed by atoms with E-state index in [1.165, 1.54) is 31.7 Å². The summed E-state index contributed by atoms with van der Waals surface area (Å²) >= 11 is 0. The number of rotatable bonds is 3. The number of likely N-dealkylation sites (tertiary alicyclic amines) is 1. The Morgan fingerprint density at radius 3 is 2.43 bits per heavy atom. The molecule has 1 aliphatic carbocycles. The molecule has 23 heavy (non-hydrogen) atoms. The molecule has 0 spiro atoms. The van der Waals surface area contributed by atoms with Crippen LogP contribution in [0.1, 0.15) is 54.7 Å². The second kappa shape index (κ2) is 6.87. The Morgan fingerprint density at radius 2 is 1.78 bits per heavy atom. The highest BCUT2D eigenvalue weighted by atomic mass is 16.2. The molecule has 1 aromatic rings. The molecule has 1 aromatic heterocycles. The van der Waals surface area contributed by atoms with Gasteiger partial charge in [0.2, 0.25) is 0 Å². The van der Waals surface area contributed by atoms with Crippen LogP contribution < -0.4 is 10.7 Å². The van der Waals surface area contributed by atoms with Crippen LogP contribution in [0, 0.1) is 6.92 Å². The lowest BCUT2D eigenvalue weighted by Gasteiger charge is -2.36. The van der Waals surface area contributed by atoms with Gasteiger partial charge in [0.15, 0.2) is 5.43 Å². The standard InChI is InChI=1S/C18H27N3O2/c1-13-11-16(22)12-17(20(13)2)18(23)19-14-7-9-21(10-8-14)15-5-3-4-6-15/h11-12,14-15H,3-10H2,1-2H3,(H,19,23). The number of aryl methyl sites for hydroxylation is 1. The summed E-state index contributed by atoms with van der Waals surface area (Å²) in [7, 11) is 1.83. The van der Waals surface area contributed by atoms with Gasteiger partial charge in [-0.2, -0.15) is 0 Å². The van der Waals surface area contributed by atoms with Crippen molar-refractivity contribution < 1.29 is 4.79 Å². The predicted molar refractivity (Wildman–Crippen MR) is 90.7 cm³/mol. The minimum absolute atomic E-state index is 0.109. The number of pyridine rings is 1. The fourth-order valence-electron chi connectivity index (χ4n) is 3.92. The van der Waals surface area contributed by atoms with E-state index in [2.05, 4.69) is 10.2 Å². The lowest BCUT2D eigenvalue weighted by molar-refractivity contribution is 0.0883. The van der Waals surface area contributed by atoms with Crippen molar-refractivity contribution in [3.63, 3.8) is 0 Å². The lowest BCUT2D eigenvalue weighted by Crippen LogP contribution is -2.47. The summed E-state index contributed by atoms with van der Waals surface area (Å²) in [6.07, 6.45) is 7.40. The van der Waals surface area contributed by atoms with E-state index >= 15 is 0 Å². The van der Waals surface area contributed by atoms with E-state index in [0.29, 0.717) is 5.69 Å². The lowest BCUT2D eigenvalue weighted by atomic mass is 10.0. The third kappa shape index (κ3) is 3.66. The number of carbonyl (C=O) groups is 1. The van der Waals surface area contributed by atoms with E-state index in [9.17, 15) is 9.59 Å². The van der Waals surface area contributed by atoms with Crippen molar-refractivity contribution >= 4 is 5.91 Å². The van der Waals surface area contributed by atoms with Gasteiger partial charge in [-0.3, -0.25) is 9.59 Å². The molecule has 3 rings (SSSR count). The maximum Gasteiger partial charge on any atom is 0.268 e. The highest BCUT2D eigenvalue weighted by Crippen LogP contribution is 2.26. The topological polar surface area (TPSA) is 54.3 Å². The van der Waals surface area contributed by atoms with Gasteiger partial charge in [0.25, 0.3) is 5.91 Å². The van der Waals surface area contributed by atoms with Crippen LogP contribution >= 0.6 is 0 Å². The molecule has 1 amide bonds. The van der Waals surface area contributed by atoms with Gasteiger partial charge in [0.1, 0.15) is 5.69 Å². The third-order valence-electron chi connectivity index (χ3n) is 5.46. The number of aromatic nitrogens is 1. The molecule has 126 valence electrons. The zero-order valence-electron chi connectivity index (χ0n) is 14.2. The van der Waals surface area contributed by atoms with Crippen LogP contribution in [0.5, 0.6) is 0 Å². The normalized spacial score (nSPS) is 20.8. The van der Waals surface area contributed by atoms with Gasteiger partial charge in [-0.1, -0.05) is 12.8 Å². The first-order valence-corrected chi connectivity index (χ1v) is 8.77.